The standard InChI is InChI=1S/C15H16N4O2/c1-21-14-3-2-10(9-18-14)12-8-13(16-6-7-20)19-15-11(12)4-5-17-15/h2-5,8-9,20H,6-7H2,1H3,(H2,16,17,19). The second kappa shape index (κ2) is 5.80. The molecule has 0 aliphatic carbocycles. The van der Waals surface area contributed by atoms with Crippen LogP contribution in [0.5, 0.6) is 5.88 Å². The van der Waals surface area contributed by atoms with Crippen LogP contribution in [0.4, 0.5) is 5.82 Å². The lowest BCUT2D eigenvalue weighted by Crippen LogP contribution is -2.07. The van der Waals surface area contributed by atoms with Gasteiger partial charge in [0.1, 0.15) is 11.5 Å². The Labute approximate surface area is 121 Å². The first-order valence-corrected chi connectivity index (χ1v) is 6.65. The van der Waals surface area contributed by atoms with Crippen molar-refractivity contribution in [2.24, 2.45) is 0 Å². The molecule has 3 aromatic rings. The zero-order valence-corrected chi connectivity index (χ0v) is 11.6. The van der Waals surface area contributed by atoms with E-state index >= 15 is 0 Å². The molecule has 0 radical (unpaired) electrons. The van der Waals surface area contributed by atoms with Gasteiger partial charge < -0.3 is 20.1 Å². The van der Waals surface area contributed by atoms with Crippen LogP contribution in [0.25, 0.3) is 22.2 Å². The van der Waals surface area contributed by atoms with Gasteiger partial charge in [-0.05, 0) is 23.8 Å². The summed E-state index contributed by atoms with van der Waals surface area (Å²) in [5.41, 5.74) is 2.80. The second-order valence-electron chi connectivity index (χ2n) is 4.53. The number of ether oxygens (including phenoxy) is 1. The van der Waals surface area contributed by atoms with Gasteiger partial charge in [0.25, 0.3) is 0 Å². The molecule has 0 fully saturated rings. The van der Waals surface area contributed by atoms with Crippen LogP contribution in [0.1, 0.15) is 0 Å². The van der Waals surface area contributed by atoms with Crippen molar-refractivity contribution >= 4 is 16.9 Å². The molecule has 3 heterocycles. The highest BCUT2D eigenvalue weighted by Crippen LogP contribution is 2.30. The zero-order valence-electron chi connectivity index (χ0n) is 11.6. The summed E-state index contributed by atoms with van der Waals surface area (Å²) in [5.74, 6) is 1.29. The SMILES string of the molecule is COc1ccc(-c2cc(NCCO)nc3[nH]ccc23)cn1. The molecule has 0 aliphatic rings. The van der Waals surface area contributed by atoms with Crippen molar-refractivity contribution < 1.29 is 9.84 Å². The topological polar surface area (TPSA) is 83.1 Å². The van der Waals surface area contributed by atoms with Crippen LogP contribution < -0.4 is 10.1 Å². The number of nitrogens with one attached hydrogen (secondary N) is 2. The Kier molecular flexibility index (Phi) is 3.70. The van der Waals surface area contributed by atoms with Crippen LogP contribution in [-0.2, 0) is 0 Å². The summed E-state index contributed by atoms with van der Waals surface area (Å²) < 4.78 is 5.08. The number of hydrogen-bond acceptors (Lipinski definition) is 5. The normalized spacial score (nSPS) is 10.8. The number of hydrogen-bond donors (Lipinski definition) is 3. The fourth-order valence-electron chi connectivity index (χ4n) is 2.21. The third-order valence-corrected chi connectivity index (χ3v) is 3.20. The Morgan fingerprint density at radius 3 is 2.95 bits per heavy atom. The molecule has 3 N–H and O–H groups in total. The molecule has 6 nitrogen and oxygen atoms in total. The Balaban J connectivity index is 2.07. The van der Waals surface area contributed by atoms with Gasteiger partial charge in [0.05, 0.1) is 13.7 Å². The molecular weight excluding hydrogens is 268 g/mol. The molecule has 0 aromatic carbocycles. The van der Waals surface area contributed by atoms with Gasteiger partial charge in [0.15, 0.2) is 0 Å². The zero-order chi connectivity index (χ0) is 14.7. The summed E-state index contributed by atoms with van der Waals surface area (Å²) in [7, 11) is 1.59. The average molecular weight is 284 g/mol. The molecule has 0 amide bonds. The van der Waals surface area contributed by atoms with Crippen molar-refractivity contribution in [3.63, 3.8) is 0 Å². The van der Waals surface area contributed by atoms with Crippen molar-refractivity contribution in [1.82, 2.24) is 15.0 Å². The number of fused-ring (bicyclic) bond motifs is 1. The van der Waals surface area contributed by atoms with Crippen LogP contribution >= 0.6 is 0 Å². The van der Waals surface area contributed by atoms with Crippen molar-refractivity contribution in [3.05, 3.63) is 36.7 Å². The predicted octanol–water partition coefficient (Wildman–Crippen LogP) is 2.04. The number of rotatable bonds is 5. The number of aliphatic hydroxyl groups excluding tert-OH is 1. The molecule has 0 unspecified atom stereocenters. The number of H-pyrrole nitrogens is 1. The predicted molar refractivity (Wildman–Crippen MR) is 81.5 cm³/mol. The third-order valence-electron chi connectivity index (χ3n) is 3.20. The number of pyridine rings is 2. The van der Waals surface area contributed by atoms with E-state index in [9.17, 15) is 0 Å². The van der Waals surface area contributed by atoms with Gasteiger partial charge in [-0.3, -0.25) is 0 Å². The first-order valence-electron chi connectivity index (χ1n) is 6.65. The molecule has 3 rings (SSSR count). The summed E-state index contributed by atoms with van der Waals surface area (Å²) in [4.78, 5) is 11.8. The van der Waals surface area contributed by atoms with Crippen molar-refractivity contribution in [2.75, 3.05) is 25.6 Å². The Hall–Kier alpha value is -2.60. The summed E-state index contributed by atoms with van der Waals surface area (Å²) >= 11 is 0. The smallest absolute Gasteiger partial charge is 0.212 e. The van der Waals surface area contributed by atoms with E-state index in [2.05, 4.69) is 20.3 Å². The molecule has 0 saturated carbocycles. The molecule has 0 bridgehead atoms. The highest BCUT2D eigenvalue weighted by molar-refractivity contribution is 5.94. The minimum Gasteiger partial charge on any atom is -0.481 e. The van der Waals surface area contributed by atoms with Gasteiger partial charge in [-0.1, -0.05) is 0 Å². The lowest BCUT2D eigenvalue weighted by molar-refractivity contribution is 0.311. The lowest BCUT2D eigenvalue weighted by Gasteiger charge is -2.09. The third kappa shape index (κ3) is 2.66. The maximum Gasteiger partial charge on any atom is 0.212 e. The summed E-state index contributed by atoms with van der Waals surface area (Å²) in [6, 6.07) is 7.73. The second-order valence-corrected chi connectivity index (χ2v) is 4.53. The molecule has 0 atom stereocenters. The molecular formula is C15H16N4O2. The molecule has 0 aliphatic heterocycles. The minimum absolute atomic E-state index is 0.0594. The lowest BCUT2D eigenvalue weighted by atomic mass is 10.1. The molecule has 21 heavy (non-hydrogen) atoms. The van der Waals surface area contributed by atoms with E-state index in [1.54, 1.807) is 13.3 Å². The molecule has 3 aromatic heterocycles. The quantitative estimate of drug-likeness (QED) is 0.668. The molecule has 0 spiro atoms. The molecule has 108 valence electrons. The highest BCUT2D eigenvalue weighted by atomic mass is 16.5. The minimum atomic E-state index is 0.0594. The summed E-state index contributed by atoms with van der Waals surface area (Å²) in [6.45, 7) is 0.517. The van der Waals surface area contributed by atoms with Crippen molar-refractivity contribution in [3.8, 4) is 17.0 Å². The van der Waals surface area contributed by atoms with Gasteiger partial charge in [0, 0.05) is 36.0 Å². The van der Waals surface area contributed by atoms with Crippen molar-refractivity contribution in [1.29, 1.82) is 0 Å². The van der Waals surface area contributed by atoms with Crippen LogP contribution in [0.2, 0.25) is 0 Å². The van der Waals surface area contributed by atoms with Crippen LogP contribution in [0.15, 0.2) is 36.7 Å². The number of aliphatic hydroxyl groups is 1. The van der Waals surface area contributed by atoms with E-state index in [0.29, 0.717) is 18.2 Å². The largest absolute Gasteiger partial charge is 0.481 e. The first-order chi connectivity index (χ1) is 10.3. The fourth-order valence-corrected chi connectivity index (χ4v) is 2.21. The average Bonchev–Trinajstić information content (AvgIpc) is 3.00. The number of aromatic nitrogens is 3. The van der Waals surface area contributed by atoms with E-state index in [-0.39, 0.29) is 6.61 Å². The Morgan fingerprint density at radius 1 is 1.33 bits per heavy atom. The van der Waals surface area contributed by atoms with E-state index < -0.39 is 0 Å². The fraction of sp³-hybridized carbons (Fsp3) is 0.200. The van der Waals surface area contributed by atoms with Gasteiger partial charge in [-0.2, -0.15) is 0 Å². The number of methoxy groups -OCH3 is 1. The van der Waals surface area contributed by atoms with Gasteiger partial charge >= 0.3 is 0 Å². The maximum absolute atomic E-state index is 8.92. The van der Waals surface area contributed by atoms with E-state index in [1.807, 2.05) is 30.5 Å². The molecule has 6 heteroatoms. The van der Waals surface area contributed by atoms with E-state index in [4.69, 9.17) is 9.84 Å². The van der Waals surface area contributed by atoms with Crippen LogP contribution in [0, 0.1) is 0 Å². The van der Waals surface area contributed by atoms with Crippen molar-refractivity contribution in [2.45, 2.75) is 0 Å². The van der Waals surface area contributed by atoms with E-state index in [1.165, 1.54) is 0 Å². The molecule has 0 saturated heterocycles. The first kappa shape index (κ1) is 13.4. The number of anilines is 1. The van der Waals surface area contributed by atoms with Crippen LogP contribution in [-0.4, -0.2) is 40.3 Å². The van der Waals surface area contributed by atoms with Crippen LogP contribution in [0.3, 0.4) is 0 Å². The maximum atomic E-state index is 8.92. The Bertz CT molecular complexity index is 737. The van der Waals surface area contributed by atoms with Gasteiger partial charge in [-0.15, -0.1) is 0 Å². The highest BCUT2D eigenvalue weighted by Gasteiger charge is 2.09. The summed E-state index contributed by atoms with van der Waals surface area (Å²) in [5, 5.41) is 13.0. The van der Waals surface area contributed by atoms with Gasteiger partial charge in [0.2, 0.25) is 5.88 Å². The monoisotopic (exact) mass is 284 g/mol. The van der Waals surface area contributed by atoms with Gasteiger partial charge in [-0.25, -0.2) is 9.97 Å². The summed E-state index contributed by atoms with van der Waals surface area (Å²) in [6.07, 6.45) is 3.63. The number of nitrogens with zero attached hydrogens (tertiary/aromatic N) is 2. The van der Waals surface area contributed by atoms with E-state index in [0.717, 1.165) is 22.2 Å². The number of aromatic amines is 1. The Morgan fingerprint density at radius 2 is 2.24 bits per heavy atom.